The number of halogens is 1. The Morgan fingerprint density at radius 3 is 2.89 bits per heavy atom. The van der Waals surface area contributed by atoms with E-state index >= 15 is 0 Å². The van der Waals surface area contributed by atoms with Crippen molar-refractivity contribution in [3.05, 3.63) is 28.5 Å². The van der Waals surface area contributed by atoms with Crippen LogP contribution >= 0.6 is 15.9 Å². The Balaban J connectivity index is 2.13. The van der Waals surface area contributed by atoms with Crippen molar-refractivity contribution in [3.63, 3.8) is 0 Å². The van der Waals surface area contributed by atoms with E-state index in [-0.39, 0.29) is 11.5 Å². The standard InChI is InChI=1S/C14H15BrN4/c1-9(17)11-6-19(8-14(7-16)4-5-14)13-10(11)2-3-12(15)18-13/h2-3,6,9H,4-5,8,17H2,1H3. The fraction of sp³-hybridized carbons (Fsp3) is 0.429. The molecule has 0 spiro atoms. The van der Waals surface area contributed by atoms with E-state index in [0.717, 1.165) is 34.0 Å². The maximum absolute atomic E-state index is 9.24. The van der Waals surface area contributed by atoms with Gasteiger partial charge in [-0.2, -0.15) is 5.26 Å². The second-order valence-electron chi connectivity index (χ2n) is 5.40. The number of hydrogen-bond acceptors (Lipinski definition) is 3. The van der Waals surface area contributed by atoms with E-state index in [1.807, 2.05) is 25.3 Å². The van der Waals surface area contributed by atoms with E-state index in [2.05, 4.69) is 31.6 Å². The SMILES string of the molecule is CC(N)c1cn(CC2(C#N)CC2)c2nc(Br)ccc12. The Kier molecular flexibility index (Phi) is 2.88. The van der Waals surface area contributed by atoms with Gasteiger partial charge in [-0.3, -0.25) is 0 Å². The van der Waals surface area contributed by atoms with Crippen LogP contribution in [-0.2, 0) is 6.54 Å². The molecule has 1 fully saturated rings. The molecule has 2 N–H and O–H groups in total. The molecule has 19 heavy (non-hydrogen) atoms. The summed E-state index contributed by atoms with van der Waals surface area (Å²) < 4.78 is 2.88. The third-order valence-corrected chi connectivity index (χ3v) is 4.22. The Bertz CT molecular complexity index is 677. The first-order chi connectivity index (χ1) is 9.04. The van der Waals surface area contributed by atoms with E-state index in [1.165, 1.54) is 0 Å². The molecule has 1 aliphatic carbocycles. The molecule has 0 amide bonds. The molecule has 2 aromatic rings. The summed E-state index contributed by atoms with van der Waals surface area (Å²) >= 11 is 3.40. The van der Waals surface area contributed by atoms with Crippen molar-refractivity contribution in [1.82, 2.24) is 9.55 Å². The van der Waals surface area contributed by atoms with Crippen LogP contribution in [0.4, 0.5) is 0 Å². The van der Waals surface area contributed by atoms with Crippen LogP contribution in [0.3, 0.4) is 0 Å². The Morgan fingerprint density at radius 2 is 2.32 bits per heavy atom. The van der Waals surface area contributed by atoms with Gasteiger partial charge in [0.25, 0.3) is 0 Å². The summed E-state index contributed by atoms with van der Waals surface area (Å²) in [5.74, 6) is 0. The van der Waals surface area contributed by atoms with Crippen LogP contribution in [0.15, 0.2) is 22.9 Å². The average Bonchev–Trinajstić information content (AvgIpc) is 3.06. The smallest absolute Gasteiger partial charge is 0.141 e. The summed E-state index contributed by atoms with van der Waals surface area (Å²) in [7, 11) is 0. The Morgan fingerprint density at radius 1 is 1.58 bits per heavy atom. The molecule has 1 aliphatic rings. The van der Waals surface area contributed by atoms with E-state index in [0.29, 0.717) is 6.54 Å². The van der Waals surface area contributed by atoms with Crippen LogP contribution < -0.4 is 5.73 Å². The third-order valence-electron chi connectivity index (χ3n) is 3.77. The van der Waals surface area contributed by atoms with Gasteiger partial charge in [0.2, 0.25) is 0 Å². The van der Waals surface area contributed by atoms with Crippen molar-refractivity contribution in [1.29, 1.82) is 5.26 Å². The normalized spacial score (nSPS) is 18.2. The van der Waals surface area contributed by atoms with Gasteiger partial charge in [0, 0.05) is 24.2 Å². The molecule has 2 aromatic heterocycles. The van der Waals surface area contributed by atoms with Crippen molar-refractivity contribution in [2.45, 2.75) is 32.4 Å². The van der Waals surface area contributed by atoms with E-state index in [1.54, 1.807) is 0 Å². The summed E-state index contributed by atoms with van der Waals surface area (Å²) in [6.07, 6.45) is 4.00. The second-order valence-corrected chi connectivity index (χ2v) is 6.21. The van der Waals surface area contributed by atoms with Gasteiger partial charge in [0.05, 0.1) is 11.5 Å². The van der Waals surface area contributed by atoms with Gasteiger partial charge in [0.15, 0.2) is 0 Å². The zero-order chi connectivity index (χ0) is 13.6. The minimum absolute atomic E-state index is 0.0380. The number of nitriles is 1. The van der Waals surface area contributed by atoms with Crippen molar-refractivity contribution in [2.24, 2.45) is 11.1 Å². The molecule has 98 valence electrons. The summed E-state index contributed by atoms with van der Waals surface area (Å²) in [4.78, 5) is 4.54. The first kappa shape index (κ1) is 12.6. The van der Waals surface area contributed by atoms with Crippen molar-refractivity contribution < 1.29 is 0 Å². The van der Waals surface area contributed by atoms with Gasteiger partial charge in [-0.1, -0.05) is 0 Å². The van der Waals surface area contributed by atoms with Crippen molar-refractivity contribution >= 4 is 27.0 Å². The lowest BCUT2D eigenvalue weighted by molar-refractivity contribution is 0.537. The number of nitrogens with zero attached hydrogens (tertiary/aromatic N) is 3. The van der Waals surface area contributed by atoms with Crippen molar-refractivity contribution in [3.8, 4) is 6.07 Å². The molecule has 1 saturated carbocycles. The van der Waals surface area contributed by atoms with E-state index < -0.39 is 0 Å². The number of aromatic nitrogens is 2. The highest BCUT2D eigenvalue weighted by Gasteiger charge is 2.43. The maximum Gasteiger partial charge on any atom is 0.141 e. The topological polar surface area (TPSA) is 67.6 Å². The van der Waals surface area contributed by atoms with Crippen LogP contribution in [0.2, 0.25) is 0 Å². The highest BCUT2D eigenvalue weighted by atomic mass is 79.9. The van der Waals surface area contributed by atoms with Gasteiger partial charge in [0.1, 0.15) is 10.3 Å². The molecule has 2 heterocycles. The van der Waals surface area contributed by atoms with Gasteiger partial charge in [-0.15, -0.1) is 0 Å². The number of fused-ring (bicyclic) bond motifs is 1. The van der Waals surface area contributed by atoms with Gasteiger partial charge < -0.3 is 10.3 Å². The molecule has 0 saturated heterocycles. The zero-order valence-electron chi connectivity index (χ0n) is 10.7. The monoisotopic (exact) mass is 318 g/mol. The number of nitrogens with two attached hydrogens (primary N) is 1. The third kappa shape index (κ3) is 2.15. The molecule has 0 aromatic carbocycles. The van der Waals surface area contributed by atoms with Crippen LogP contribution in [0.5, 0.6) is 0 Å². The van der Waals surface area contributed by atoms with Crippen LogP contribution in [0.25, 0.3) is 11.0 Å². The minimum Gasteiger partial charge on any atom is -0.331 e. The number of hydrogen-bond donors (Lipinski definition) is 1. The lowest BCUT2D eigenvalue weighted by Crippen LogP contribution is -2.09. The van der Waals surface area contributed by atoms with Gasteiger partial charge >= 0.3 is 0 Å². The second kappa shape index (κ2) is 4.32. The maximum atomic E-state index is 9.24. The molecule has 3 rings (SSSR count). The summed E-state index contributed by atoms with van der Waals surface area (Å²) in [6.45, 7) is 2.68. The number of rotatable bonds is 3. The molecule has 4 nitrogen and oxygen atoms in total. The first-order valence-corrected chi connectivity index (χ1v) is 7.16. The highest BCUT2D eigenvalue weighted by molar-refractivity contribution is 9.10. The average molecular weight is 319 g/mol. The van der Waals surface area contributed by atoms with Crippen molar-refractivity contribution in [2.75, 3.05) is 0 Å². The molecular weight excluding hydrogens is 304 g/mol. The Labute approximate surface area is 120 Å². The predicted octanol–water partition coefficient (Wildman–Crippen LogP) is 3.12. The van der Waals surface area contributed by atoms with Crippen LogP contribution in [0, 0.1) is 16.7 Å². The molecule has 0 radical (unpaired) electrons. The lowest BCUT2D eigenvalue weighted by Gasteiger charge is -2.08. The summed E-state index contributed by atoms with van der Waals surface area (Å²) in [6, 6.07) is 6.35. The largest absolute Gasteiger partial charge is 0.331 e. The molecular formula is C14H15BrN4. The lowest BCUT2D eigenvalue weighted by atomic mass is 10.1. The summed E-state index contributed by atoms with van der Waals surface area (Å²) in [5, 5.41) is 10.3. The van der Waals surface area contributed by atoms with Crippen LogP contribution in [-0.4, -0.2) is 9.55 Å². The van der Waals surface area contributed by atoms with Gasteiger partial charge in [-0.25, -0.2) is 4.98 Å². The quantitative estimate of drug-likeness (QED) is 0.884. The van der Waals surface area contributed by atoms with E-state index in [9.17, 15) is 5.26 Å². The van der Waals surface area contributed by atoms with Gasteiger partial charge in [-0.05, 0) is 53.4 Å². The highest BCUT2D eigenvalue weighted by Crippen LogP contribution is 2.47. The fourth-order valence-corrected chi connectivity index (χ4v) is 2.73. The predicted molar refractivity (Wildman–Crippen MR) is 77.3 cm³/mol. The molecule has 1 unspecified atom stereocenters. The fourth-order valence-electron chi connectivity index (χ4n) is 2.43. The first-order valence-electron chi connectivity index (χ1n) is 6.37. The molecule has 1 atom stereocenters. The minimum atomic E-state index is -0.189. The molecule has 0 bridgehead atoms. The molecule has 5 heteroatoms. The van der Waals surface area contributed by atoms with Crippen LogP contribution in [0.1, 0.15) is 31.4 Å². The Hall–Kier alpha value is -1.38. The molecule has 0 aliphatic heterocycles. The summed E-state index contributed by atoms with van der Waals surface area (Å²) in [5.41, 5.74) is 7.83. The zero-order valence-corrected chi connectivity index (χ0v) is 12.3. The number of pyridine rings is 1. The van der Waals surface area contributed by atoms with E-state index in [4.69, 9.17) is 5.73 Å².